The van der Waals surface area contributed by atoms with Crippen molar-refractivity contribution in [1.82, 2.24) is 5.32 Å². The molecule has 3 nitrogen and oxygen atoms in total. The largest absolute Gasteiger partial charge is 0.380 e. The van der Waals surface area contributed by atoms with Crippen LogP contribution >= 0.6 is 11.8 Å². The van der Waals surface area contributed by atoms with E-state index < -0.39 is 0 Å². The highest BCUT2D eigenvalue weighted by molar-refractivity contribution is 7.99. The van der Waals surface area contributed by atoms with Gasteiger partial charge in [-0.25, -0.2) is 0 Å². The van der Waals surface area contributed by atoms with E-state index in [2.05, 4.69) is 31.1 Å². The Morgan fingerprint density at radius 1 is 1.39 bits per heavy atom. The normalized spacial score (nSPS) is 31.2. The predicted molar refractivity (Wildman–Crippen MR) is 77.3 cm³/mol. The lowest BCUT2D eigenvalue weighted by molar-refractivity contribution is -0.113. The first-order valence-corrected chi connectivity index (χ1v) is 8.28. The van der Waals surface area contributed by atoms with Crippen LogP contribution in [0.4, 0.5) is 0 Å². The number of ether oxygens (including phenoxy) is 2. The Hall–Kier alpha value is 0.230. The van der Waals surface area contributed by atoms with Gasteiger partial charge in [-0.05, 0) is 57.1 Å². The molecule has 0 aromatic rings. The van der Waals surface area contributed by atoms with E-state index >= 15 is 0 Å². The highest BCUT2D eigenvalue weighted by Gasteiger charge is 2.41. The Balaban J connectivity index is 2.00. The summed E-state index contributed by atoms with van der Waals surface area (Å²) in [6, 6.07) is 0.449. The van der Waals surface area contributed by atoms with Gasteiger partial charge in [-0.3, -0.25) is 0 Å². The van der Waals surface area contributed by atoms with Crippen LogP contribution in [0.5, 0.6) is 0 Å². The molecular formula is C14H27NO2S. The predicted octanol–water partition coefficient (Wildman–Crippen LogP) is 2.30. The van der Waals surface area contributed by atoms with Gasteiger partial charge in [-0.1, -0.05) is 0 Å². The highest BCUT2D eigenvalue weighted by Crippen LogP contribution is 2.41. The SMILES string of the molecule is CNC(C1CCOC2(CCSCC2)C1)C(C)OC. The van der Waals surface area contributed by atoms with E-state index in [1.807, 2.05) is 0 Å². The molecule has 2 saturated heterocycles. The van der Waals surface area contributed by atoms with Crippen LogP contribution in [-0.4, -0.2) is 50.0 Å². The van der Waals surface area contributed by atoms with E-state index in [1.165, 1.54) is 30.8 Å². The van der Waals surface area contributed by atoms with Crippen LogP contribution in [0.2, 0.25) is 0 Å². The van der Waals surface area contributed by atoms with Crippen LogP contribution in [0.1, 0.15) is 32.6 Å². The quantitative estimate of drug-likeness (QED) is 0.851. The molecular weight excluding hydrogens is 246 g/mol. The van der Waals surface area contributed by atoms with Gasteiger partial charge in [0.2, 0.25) is 0 Å². The van der Waals surface area contributed by atoms with Gasteiger partial charge in [-0.2, -0.15) is 11.8 Å². The molecule has 2 aliphatic heterocycles. The van der Waals surface area contributed by atoms with Gasteiger partial charge in [0, 0.05) is 19.8 Å². The smallest absolute Gasteiger partial charge is 0.0701 e. The third kappa shape index (κ3) is 3.21. The zero-order valence-corrected chi connectivity index (χ0v) is 12.7. The van der Waals surface area contributed by atoms with Crippen molar-refractivity contribution in [3.63, 3.8) is 0 Å². The van der Waals surface area contributed by atoms with Crippen LogP contribution in [-0.2, 0) is 9.47 Å². The van der Waals surface area contributed by atoms with Gasteiger partial charge in [0.15, 0.2) is 0 Å². The maximum Gasteiger partial charge on any atom is 0.0701 e. The van der Waals surface area contributed by atoms with Crippen LogP contribution in [0, 0.1) is 5.92 Å². The van der Waals surface area contributed by atoms with Gasteiger partial charge < -0.3 is 14.8 Å². The third-order valence-corrected chi connectivity index (χ3v) is 5.64. The molecule has 0 aromatic heterocycles. The molecule has 1 spiro atoms. The molecule has 18 heavy (non-hydrogen) atoms. The second kappa shape index (κ2) is 6.60. The minimum atomic E-state index is 0.177. The number of rotatable bonds is 4. The summed E-state index contributed by atoms with van der Waals surface area (Å²) in [5.41, 5.74) is 0.177. The molecule has 0 aliphatic carbocycles. The minimum Gasteiger partial charge on any atom is -0.380 e. The lowest BCUT2D eigenvalue weighted by atomic mass is 9.77. The van der Waals surface area contributed by atoms with Crippen molar-refractivity contribution < 1.29 is 9.47 Å². The van der Waals surface area contributed by atoms with Gasteiger partial charge in [0.25, 0.3) is 0 Å². The molecule has 2 heterocycles. The Kier molecular flexibility index (Phi) is 5.36. The number of hydrogen-bond acceptors (Lipinski definition) is 4. The first kappa shape index (κ1) is 14.6. The fourth-order valence-electron chi connectivity index (χ4n) is 3.46. The van der Waals surface area contributed by atoms with E-state index in [-0.39, 0.29) is 11.7 Å². The molecule has 2 rings (SSSR count). The lowest BCUT2D eigenvalue weighted by Gasteiger charge is -2.46. The Labute approximate surface area is 115 Å². The molecule has 4 heteroatoms. The van der Waals surface area contributed by atoms with Crippen molar-refractivity contribution in [3.05, 3.63) is 0 Å². The van der Waals surface area contributed by atoms with Gasteiger partial charge in [-0.15, -0.1) is 0 Å². The molecule has 1 N–H and O–H groups in total. The first-order chi connectivity index (χ1) is 8.71. The Bertz CT molecular complexity index is 251. The van der Waals surface area contributed by atoms with E-state index in [0.29, 0.717) is 12.0 Å². The Morgan fingerprint density at radius 3 is 2.72 bits per heavy atom. The van der Waals surface area contributed by atoms with Crippen LogP contribution < -0.4 is 5.32 Å². The van der Waals surface area contributed by atoms with E-state index in [1.54, 1.807) is 7.11 Å². The standard InChI is InChI=1S/C14H27NO2S/c1-11(16-3)13(15-2)12-4-7-17-14(10-12)5-8-18-9-6-14/h11-13,15H,4-10H2,1-3H3. The molecule has 2 aliphatic rings. The average Bonchev–Trinajstić information content (AvgIpc) is 2.40. The number of nitrogens with one attached hydrogen (secondary N) is 1. The molecule has 0 saturated carbocycles. The summed E-state index contributed by atoms with van der Waals surface area (Å²) in [5.74, 6) is 3.20. The summed E-state index contributed by atoms with van der Waals surface area (Å²) in [5, 5.41) is 3.46. The lowest BCUT2D eigenvalue weighted by Crippen LogP contribution is -2.51. The molecule has 106 valence electrons. The topological polar surface area (TPSA) is 30.5 Å². The molecule has 3 atom stereocenters. The summed E-state index contributed by atoms with van der Waals surface area (Å²) < 4.78 is 11.7. The second-order valence-corrected chi connectivity index (χ2v) is 6.88. The van der Waals surface area contributed by atoms with Gasteiger partial charge >= 0.3 is 0 Å². The van der Waals surface area contributed by atoms with E-state index in [9.17, 15) is 0 Å². The zero-order chi connectivity index (χ0) is 13.0. The molecule has 3 unspecified atom stereocenters. The average molecular weight is 273 g/mol. The highest BCUT2D eigenvalue weighted by atomic mass is 32.2. The van der Waals surface area contributed by atoms with Crippen molar-refractivity contribution in [1.29, 1.82) is 0 Å². The fourth-order valence-corrected chi connectivity index (χ4v) is 4.70. The minimum absolute atomic E-state index is 0.177. The summed E-state index contributed by atoms with van der Waals surface area (Å²) >= 11 is 2.07. The maximum atomic E-state index is 6.16. The number of methoxy groups -OCH3 is 1. The van der Waals surface area contributed by atoms with Crippen molar-refractivity contribution in [2.45, 2.75) is 50.4 Å². The van der Waals surface area contributed by atoms with Crippen molar-refractivity contribution in [2.24, 2.45) is 5.92 Å². The molecule has 0 radical (unpaired) electrons. The third-order valence-electron chi connectivity index (χ3n) is 4.65. The number of hydrogen-bond donors (Lipinski definition) is 1. The van der Waals surface area contributed by atoms with E-state index in [0.717, 1.165) is 13.0 Å². The second-order valence-electron chi connectivity index (χ2n) is 5.65. The Morgan fingerprint density at radius 2 is 2.11 bits per heavy atom. The van der Waals surface area contributed by atoms with E-state index in [4.69, 9.17) is 9.47 Å². The summed E-state index contributed by atoms with van der Waals surface area (Å²) in [4.78, 5) is 0. The number of likely N-dealkylation sites (N-methyl/N-ethyl adjacent to an activating group) is 1. The van der Waals surface area contributed by atoms with Crippen LogP contribution in [0.25, 0.3) is 0 Å². The fraction of sp³-hybridized carbons (Fsp3) is 1.00. The van der Waals surface area contributed by atoms with Crippen molar-refractivity contribution in [3.8, 4) is 0 Å². The molecule has 2 fully saturated rings. The summed E-state index contributed by atoms with van der Waals surface area (Å²) in [6.07, 6.45) is 5.09. The molecule has 0 amide bonds. The van der Waals surface area contributed by atoms with Gasteiger partial charge in [0.1, 0.15) is 0 Å². The zero-order valence-electron chi connectivity index (χ0n) is 11.9. The maximum absolute atomic E-state index is 6.16. The van der Waals surface area contributed by atoms with Crippen molar-refractivity contribution in [2.75, 3.05) is 32.3 Å². The summed E-state index contributed by atoms with van der Waals surface area (Å²) in [6.45, 7) is 3.09. The van der Waals surface area contributed by atoms with Crippen LogP contribution in [0.3, 0.4) is 0 Å². The molecule has 0 bridgehead atoms. The van der Waals surface area contributed by atoms with Gasteiger partial charge in [0.05, 0.1) is 11.7 Å². The number of thioether (sulfide) groups is 1. The van der Waals surface area contributed by atoms with Crippen LogP contribution in [0.15, 0.2) is 0 Å². The first-order valence-electron chi connectivity index (χ1n) is 7.12. The molecule has 0 aromatic carbocycles. The monoisotopic (exact) mass is 273 g/mol. The van der Waals surface area contributed by atoms with Crippen molar-refractivity contribution >= 4 is 11.8 Å². The summed E-state index contributed by atoms with van der Waals surface area (Å²) in [7, 11) is 3.86.